The highest BCUT2D eigenvalue weighted by atomic mass is 16.5. The Labute approximate surface area is 125 Å². The highest BCUT2D eigenvalue weighted by molar-refractivity contribution is 5.76. The van der Waals surface area contributed by atoms with Crippen molar-refractivity contribution in [2.45, 2.75) is 25.4 Å². The van der Waals surface area contributed by atoms with Crippen LogP contribution >= 0.6 is 0 Å². The number of para-hydroxylation sites is 2. The third-order valence-electron chi connectivity index (χ3n) is 3.02. The summed E-state index contributed by atoms with van der Waals surface area (Å²) in [5.74, 6) is 0.389. The number of rotatable bonds is 9. The second-order valence-corrected chi connectivity index (χ2v) is 5.15. The largest absolute Gasteiger partial charge is 0.491 e. The Balaban J connectivity index is 2.24. The molecule has 0 heterocycles. The summed E-state index contributed by atoms with van der Waals surface area (Å²) >= 11 is 0. The monoisotopic (exact) mass is 296 g/mol. The van der Waals surface area contributed by atoms with Gasteiger partial charge in [-0.2, -0.15) is 0 Å². The van der Waals surface area contributed by atoms with E-state index in [1.54, 1.807) is 26.2 Å². The normalized spacial score (nSPS) is 13.5. The summed E-state index contributed by atoms with van der Waals surface area (Å²) in [5, 5.41) is 12.7. The minimum Gasteiger partial charge on any atom is -0.491 e. The van der Waals surface area contributed by atoms with Crippen LogP contribution in [-0.4, -0.2) is 43.5 Å². The first-order chi connectivity index (χ1) is 9.94. The van der Waals surface area contributed by atoms with E-state index in [1.165, 1.54) is 0 Å². The van der Waals surface area contributed by atoms with Crippen molar-refractivity contribution in [2.24, 2.45) is 0 Å². The quantitative estimate of drug-likeness (QED) is 0.590. The Morgan fingerprint density at radius 1 is 1.38 bits per heavy atom. The SMILES string of the molecule is COCCC(C)(O)CNC(=O)CCOc1ccccc1N. The van der Waals surface area contributed by atoms with Crippen LogP contribution in [-0.2, 0) is 9.53 Å². The summed E-state index contributed by atoms with van der Waals surface area (Å²) in [5.41, 5.74) is 5.30. The van der Waals surface area contributed by atoms with Gasteiger partial charge in [0.25, 0.3) is 0 Å². The second-order valence-electron chi connectivity index (χ2n) is 5.15. The Morgan fingerprint density at radius 2 is 2.10 bits per heavy atom. The average Bonchev–Trinajstić information content (AvgIpc) is 2.45. The van der Waals surface area contributed by atoms with Gasteiger partial charge in [0.15, 0.2) is 0 Å². The molecule has 4 N–H and O–H groups in total. The Morgan fingerprint density at radius 3 is 2.76 bits per heavy atom. The van der Waals surface area contributed by atoms with Gasteiger partial charge in [-0.25, -0.2) is 0 Å². The summed E-state index contributed by atoms with van der Waals surface area (Å²) in [6.45, 7) is 2.52. The summed E-state index contributed by atoms with van der Waals surface area (Å²) in [4.78, 5) is 11.7. The van der Waals surface area contributed by atoms with Gasteiger partial charge >= 0.3 is 0 Å². The molecule has 0 fully saturated rings. The van der Waals surface area contributed by atoms with Gasteiger partial charge in [-0.1, -0.05) is 12.1 Å². The number of nitrogens with one attached hydrogen (secondary N) is 1. The van der Waals surface area contributed by atoms with E-state index in [-0.39, 0.29) is 25.5 Å². The molecule has 6 nitrogen and oxygen atoms in total. The number of ether oxygens (including phenoxy) is 2. The van der Waals surface area contributed by atoms with E-state index in [2.05, 4.69) is 5.32 Å². The molecular formula is C15H24N2O4. The van der Waals surface area contributed by atoms with E-state index in [0.29, 0.717) is 24.5 Å². The van der Waals surface area contributed by atoms with Crippen LogP contribution in [0.2, 0.25) is 0 Å². The second kappa shape index (κ2) is 8.49. The number of benzene rings is 1. The van der Waals surface area contributed by atoms with Crippen molar-refractivity contribution >= 4 is 11.6 Å². The molecule has 0 aliphatic rings. The molecule has 0 bridgehead atoms. The number of methoxy groups -OCH3 is 1. The van der Waals surface area contributed by atoms with Gasteiger partial charge in [-0.05, 0) is 19.1 Å². The molecule has 0 spiro atoms. The summed E-state index contributed by atoms with van der Waals surface area (Å²) in [6.07, 6.45) is 0.662. The van der Waals surface area contributed by atoms with Gasteiger partial charge in [0.1, 0.15) is 5.75 Å². The Hall–Kier alpha value is -1.79. The smallest absolute Gasteiger partial charge is 0.223 e. The number of amides is 1. The number of nitrogen functional groups attached to an aromatic ring is 1. The van der Waals surface area contributed by atoms with E-state index >= 15 is 0 Å². The van der Waals surface area contributed by atoms with Crippen LogP contribution in [0.3, 0.4) is 0 Å². The molecule has 118 valence electrons. The minimum absolute atomic E-state index is 0.179. The molecule has 0 saturated carbocycles. The zero-order valence-electron chi connectivity index (χ0n) is 12.6. The van der Waals surface area contributed by atoms with Gasteiger partial charge < -0.3 is 25.6 Å². The summed E-state index contributed by atoms with van der Waals surface area (Å²) in [6, 6.07) is 7.13. The fourth-order valence-corrected chi connectivity index (χ4v) is 1.65. The van der Waals surface area contributed by atoms with Crippen molar-refractivity contribution in [1.82, 2.24) is 5.32 Å². The van der Waals surface area contributed by atoms with Crippen LogP contribution in [0.15, 0.2) is 24.3 Å². The zero-order valence-corrected chi connectivity index (χ0v) is 12.6. The summed E-state index contributed by atoms with van der Waals surface area (Å²) < 4.78 is 10.3. The number of carbonyl (C=O) groups is 1. The maximum atomic E-state index is 11.7. The lowest BCUT2D eigenvalue weighted by molar-refractivity contribution is -0.122. The molecule has 1 aromatic carbocycles. The lowest BCUT2D eigenvalue weighted by Gasteiger charge is -2.23. The topological polar surface area (TPSA) is 93.8 Å². The molecular weight excluding hydrogens is 272 g/mol. The molecule has 1 unspecified atom stereocenters. The standard InChI is InChI=1S/C15H24N2O4/c1-15(19,8-10-20-2)11-17-14(18)7-9-21-13-6-4-3-5-12(13)16/h3-6,19H,7-11,16H2,1-2H3,(H,17,18). The minimum atomic E-state index is -0.976. The van der Waals surface area contributed by atoms with E-state index in [0.717, 1.165) is 0 Å². The first kappa shape index (κ1) is 17.3. The van der Waals surface area contributed by atoms with Crippen molar-refractivity contribution < 1.29 is 19.4 Å². The third kappa shape index (κ3) is 6.97. The van der Waals surface area contributed by atoms with Crippen molar-refractivity contribution in [1.29, 1.82) is 0 Å². The number of hydrogen-bond acceptors (Lipinski definition) is 5. The highest BCUT2D eigenvalue weighted by Crippen LogP contribution is 2.19. The van der Waals surface area contributed by atoms with E-state index in [1.807, 2.05) is 12.1 Å². The van der Waals surface area contributed by atoms with Crippen LogP contribution in [0.1, 0.15) is 19.8 Å². The van der Waals surface area contributed by atoms with Gasteiger partial charge in [-0.3, -0.25) is 4.79 Å². The first-order valence-corrected chi connectivity index (χ1v) is 6.90. The van der Waals surface area contributed by atoms with Crippen LogP contribution in [0, 0.1) is 0 Å². The number of hydrogen-bond donors (Lipinski definition) is 3. The molecule has 1 atom stereocenters. The molecule has 0 radical (unpaired) electrons. The molecule has 0 saturated heterocycles. The first-order valence-electron chi connectivity index (χ1n) is 6.90. The lowest BCUT2D eigenvalue weighted by atomic mass is 10.0. The van der Waals surface area contributed by atoms with Crippen LogP contribution in [0.5, 0.6) is 5.75 Å². The van der Waals surface area contributed by atoms with Crippen LogP contribution < -0.4 is 15.8 Å². The number of aliphatic hydroxyl groups is 1. The van der Waals surface area contributed by atoms with Crippen LogP contribution in [0.25, 0.3) is 0 Å². The Bertz CT molecular complexity index is 449. The molecule has 1 aromatic rings. The lowest BCUT2D eigenvalue weighted by Crippen LogP contribution is -2.41. The number of carbonyl (C=O) groups excluding carboxylic acids is 1. The fraction of sp³-hybridized carbons (Fsp3) is 0.533. The maximum absolute atomic E-state index is 11.7. The summed E-state index contributed by atoms with van der Waals surface area (Å²) in [7, 11) is 1.57. The number of nitrogens with two attached hydrogens (primary N) is 1. The Kier molecular flexibility index (Phi) is 6.98. The zero-order chi connectivity index (χ0) is 15.7. The van der Waals surface area contributed by atoms with E-state index in [4.69, 9.17) is 15.2 Å². The van der Waals surface area contributed by atoms with E-state index < -0.39 is 5.60 Å². The highest BCUT2D eigenvalue weighted by Gasteiger charge is 2.20. The van der Waals surface area contributed by atoms with Crippen LogP contribution in [0.4, 0.5) is 5.69 Å². The maximum Gasteiger partial charge on any atom is 0.223 e. The van der Waals surface area contributed by atoms with Gasteiger partial charge in [-0.15, -0.1) is 0 Å². The van der Waals surface area contributed by atoms with E-state index in [9.17, 15) is 9.90 Å². The molecule has 0 aliphatic heterocycles. The predicted octanol–water partition coefficient (Wildman–Crippen LogP) is 0.941. The van der Waals surface area contributed by atoms with Crippen molar-refractivity contribution in [2.75, 3.05) is 32.6 Å². The van der Waals surface area contributed by atoms with Gasteiger partial charge in [0.2, 0.25) is 5.91 Å². The molecule has 0 aliphatic carbocycles. The average molecular weight is 296 g/mol. The fourth-order valence-electron chi connectivity index (χ4n) is 1.65. The molecule has 21 heavy (non-hydrogen) atoms. The molecule has 0 aromatic heterocycles. The van der Waals surface area contributed by atoms with Crippen molar-refractivity contribution in [3.63, 3.8) is 0 Å². The van der Waals surface area contributed by atoms with Crippen molar-refractivity contribution in [3.8, 4) is 5.75 Å². The predicted molar refractivity (Wildman–Crippen MR) is 81.1 cm³/mol. The third-order valence-corrected chi connectivity index (χ3v) is 3.02. The van der Waals surface area contributed by atoms with Gasteiger partial charge in [0.05, 0.1) is 24.3 Å². The molecule has 1 rings (SSSR count). The molecule has 1 amide bonds. The van der Waals surface area contributed by atoms with Gasteiger partial charge in [0, 0.05) is 26.7 Å². The molecule has 6 heteroatoms. The number of anilines is 1. The van der Waals surface area contributed by atoms with Crippen molar-refractivity contribution in [3.05, 3.63) is 24.3 Å².